The van der Waals surface area contributed by atoms with Crippen molar-refractivity contribution >= 4 is 9.84 Å². The molecule has 0 radical (unpaired) electrons. The second-order valence-corrected chi connectivity index (χ2v) is 10.3. The Morgan fingerprint density at radius 3 is 2.44 bits per heavy atom. The van der Waals surface area contributed by atoms with E-state index in [0.29, 0.717) is 31.2 Å². The van der Waals surface area contributed by atoms with Gasteiger partial charge >= 0.3 is 0 Å². The first-order valence-corrected chi connectivity index (χ1v) is 10.9. The van der Waals surface area contributed by atoms with Crippen LogP contribution < -0.4 is 4.74 Å². The molecule has 7 nitrogen and oxygen atoms in total. The van der Waals surface area contributed by atoms with Crippen molar-refractivity contribution in [2.24, 2.45) is 0 Å². The zero-order chi connectivity index (χ0) is 19.7. The van der Waals surface area contributed by atoms with Crippen molar-refractivity contribution in [3.63, 3.8) is 0 Å². The lowest BCUT2D eigenvalue weighted by Crippen LogP contribution is -2.35. The molecule has 1 fully saturated rings. The molecule has 1 aromatic heterocycles. The highest BCUT2D eigenvalue weighted by atomic mass is 32.2. The molecule has 2 heterocycles. The summed E-state index contributed by atoms with van der Waals surface area (Å²) in [4.78, 5) is 6.64. The summed E-state index contributed by atoms with van der Waals surface area (Å²) in [5.41, 5.74) is 0.864. The Morgan fingerprint density at radius 2 is 1.93 bits per heavy atom. The van der Waals surface area contributed by atoms with Crippen molar-refractivity contribution in [2.75, 3.05) is 18.6 Å². The molecular formula is C19H27N3O4S. The van der Waals surface area contributed by atoms with Crippen LogP contribution in [0, 0.1) is 0 Å². The van der Waals surface area contributed by atoms with Crippen molar-refractivity contribution in [2.45, 2.75) is 51.7 Å². The van der Waals surface area contributed by atoms with Gasteiger partial charge in [0.15, 0.2) is 15.7 Å². The average molecular weight is 394 g/mol. The van der Waals surface area contributed by atoms with Crippen molar-refractivity contribution in [3.8, 4) is 5.75 Å². The highest BCUT2D eigenvalue weighted by Gasteiger charge is 2.33. The van der Waals surface area contributed by atoms with Crippen molar-refractivity contribution in [1.29, 1.82) is 0 Å². The van der Waals surface area contributed by atoms with Crippen molar-refractivity contribution in [1.82, 2.24) is 15.0 Å². The van der Waals surface area contributed by atoms with Gasteiger partial charge in [-0.3, -0.25) is 4.90 Å². The van der Waals surface area contributed by atoms with Gasteiger partial charge < -0.3 is 9.26 Å². The SMILES string of the molecule is COc1ccc(CN(Cc2noc(C(C)(C)C)n2)[C@@H]2CCS(=O)(=O)C2)cc1. The highest BCUT2D eigenvalue weighted by molar-refractivity contribution is 7.91. The number of sulfone groups is 1. The van der Waals surface area contributed by atoms with Gasteiger partial charge in [0.25, 0.3) is 0 Å². The normalized spacial score (nSPS) is 19.5. The van der Waals surface area contributed by atoms with E-state index in [2.05, 4.69) is 15.0 Å². The number of nitrogens with zero attached hydrogens (tertiary/aromatic N) is 3. The quantitative estimate of drug-likeness (QED) is 0.745. The first kappa shape index (κ1) is 19.8. The number of rotatable bonds is 6. The van der Waals surface area contributed by atoms with Crippen LogP contribution in [-0.4, -0.2) is 48.1 Å². The maximum Gasteiger partial charge on any atom is 0.232 e. The molecule has 0 saturated carbocycles. The number of benzene rings is 1. The first-order chi connectivity index (χ1) is 12.7. The summed E-state index contributed by atoms with van der Waals surface area (Å²) < 4.78 is 34.6. The van der Waals surface area contributed by atoms with Gasteiger partial charge in [-0.1, -0.05) is 38.1 Å². The van der Waals surface area contributed by atoms with Crippen LogP contribution in [0.3, 0.4) is 0 Å². The van der Waals surface area contributed by atoms with Gasteiger partial charge in [0.1, 0.15) is 5.75 Å². The topological polar surface area (TPSA) is 85.5 Å². The fraction of sp³-hybridized carbons (Fsp3) is 0.579. The Labute approximate surface area is 160 Å². The standard InChI is InChI=1S/C19H27N3O4S/c1-19(2,3)18-20-17(21-26-18)12-22(15-9-10-27(23,24)13-15)11-14-5-7-16(25-4)8-6-14/h5-8,15H,9-13H2,1-4H3/t15-/m1/s1. The molecule has 0 bridgehead atoms. The number of hydrogen-bond acceptors (Lipinski definition) is 7. The summed E-state index contributed by atoms with van der Waals surface area (Å²) >= 11 is 0. The summed E-state index contributed by atoms with van der Waals surface area (Å²) in [6.07, 6.45) is 0.627. The monoisotopic (exact) mass is 393 g/mol. The lowest BCUT2D eigenvalue weighted by molar-refractivity contribution is 0.187. The van der Waals surface area contributed by atoms with Crippen LogP contribution in [-0.2, 0) is 28.3 Å². The first-order valence-electron chi connectivity index (χ1n) is 9.07. The van der Waals surface area contributed by atoms with Crippen LogP contribution in [0.25, 0.3) is 0 Å². The Bertz CT molecular complexity index is 869. The van der Waals surface area contributed by atoms with E-state index >= 15 is 0 Å². The Kier molecular flexibility index (Phi) is 5.58. The third-order valence-electron chi connectivity index (χ3n) is 4.72. The molecule has 0 amide bonds. The maximum atomic E-state index is 12.0. The van der Waals surface area contributed by atoms with Gasteiger partial charge in [0, 0.05) is 18.0 Å². The predicted octanol–water partition coefficient (Wildman–Crippen LogP) is 2.57. The number of methoxy groups -OCH3 is 1. The van der Waals surface area contributed by atoms with Gasteiger partial charge in [-0.2, -0.15) is 4.98 Å². The summed E-state index contributed by atoms with van der Waals surface area (Å²) in [7, 11) is -1.35. The summed E-state index contributed by atoms with van der Waals surface area (Å²) in [5, 5.41) is 4.10. The molecule has 1 saturated heterocycles. The molecule has 0 spiro atoms. The molecule has 0 N–H and O–H groups in total. The van der Waals surface area contributed by atoms with Gasteiger partial charge in [0.05, 0.1) is 25.2 Å². The minimum atomic E-state index is -2.98. The summed E-state index contributed by atoms with van der Waals surface area (Å²) in [6.45, 7) is 7.12. The van der Waals surface area contributed by atoms with E-state index in [1.807, 2.05) is 45.0 Å². The van der Waals surface area contributed by atoms with Crippen LogP contribution in [0.5, 0.6) is 5.75 Å². The molecule has 0 aliphatic carbocycles. The van der Waals surface area contributed by atoms with Gasteiger partial charge in [-0.05, 0) is 24.1 Å². The molecule has 27 heavy (non-hydrogen) atoms. The third-order valence-corrected chi connectivity index (χ3v) is 6.47. The molecule has 1 aliphatic heterocycles. The smallest absolute Gasteiger partial charge is 0.232 e. The fourth-order valence-corrected chi connectivity index (χ4v) is 4.91. The average Bonchev–Trinajstić information content (AvgIpc) is 3.21. The van der Waals surface area contributed by atoms with E-state index in [-0.39, 0.29) is 23.0 Å². The second-order valence-electron chi connectivity index (χ2n) is 8.08. The number of aromatic nitrogens is 2. The van der Waals surface area contributed by atoms with Gasteiger partial charge in [-0.25, -0.2) is 8.42 Å². The maximum absolute atomic E-state index is 12.0. The zero-order valence-corrected chi connectivity index (χ0v) is 17.1. The zero-order valence-electron chi connectivity index (χ0n) is 16.3. The molecule has 3 rings (SSSR count). The minimum absolute atomic E-state index is 0.0475. The molecular weight excluding hydrogens is 366 g/mol. The minimum Gasteiger partial charge on any atom is -0.497 e. The van der Waals surface area contributed by atoms with Crippen LogP contribution in [0.2, 0.25) is 0 Å². The largest absolute Gasteiger partial charge is 0.497 e. The van der Waals surface area contributed by atoms with E-state index in [1.165, 1.54) is 0 Å². The molecule has 1 atom stereocenters. The van der Waals surface area contributed by atoms with Gasteiger partial charge in [-0.15, -0.1) is 0 Å². The molecule has 8 heteroatoms. The summed E-state index contributed by atoms with van der Waals surface area (Å²) in [5.74, 6) is 2.36. The predicted molar refractivity (Wildman–Crippen MR) is 102 cm³/mol. The van der Waals surface area contributed by atoms with E-state index in [0.717, 1.165) is 11.3 Å². The van der Waals surface area contributed by atoms with E-state index in [4.69, 9.17) is 9.26 Å². The van der Waals surface area contributed by atoms with Crippen LogP contribution in [0.15, 0.2) is 28.8 Å². The molecule has 1 aromatic carbocycles. The highest BCUT2D eigenvalue weighted by Crippen LogP contribution is 2.24. The number of hydrogen-bond donors (Lipinski definition) is 0. The lowest BCUT2D eigenvalue weighted by atomic mass is 9.97. The lowest BCUT2D eigenvalue weighted by Gasteiger charge is -2.26. The fourth-order valence-electron chi connectivity index (χ4n) is 3.15. The second kappa shape index (κ2) is 7.59. The van der Waals surface area contributed by atoms with Gasteiger partial charge in [0.2, 0.25) is 5.89 Å². The molecule has 148 valence electrons. The Balaban J connectivity index is 1.80. The van der Waals surface area contributed by atoms with Crippen LogP contribution in [0.4, 0.5) is 0 Å². The van der Waals surface area contributed by atoms with E-state index in [1.54, 1.807) is 7.11 Å². The number of ether oxygens (including phenoxy) is 1. The molecule has 0 unspecified atom stereocenters. The van der Waals surface area contributed by atoms with E-state index < -0.39 is 9.84 Å². The van der Waals surface area contributed by atoms with E-state index in [9.17, 15) is 8.42 Å². The van der Waals surface area contributed by atoms with Crippen molar-refractivity contribution in [3.05, 3.63) is 41.5 Å². The molecule has 2 aromatic rings. The van der Waals surface area contributed by atoms with Crippen molar-refractivity contribution < 1.29 is 17.7 Å². The van der Waals surface area contributed by atoms with Crippen LogP contribution >= 0.6 is 0 Å². The summed E-state index contributed by atoms with van der Waals surface area (Å²) in [6, 6.07) is 7.75. The molecule has 1 aliphatic rings. The Hall–Kier alpha value is -1.93. The third kappa shape index (κ3) is 5.07. The Morgan fingerprint density at radius 1 is 1.22 bits per heavy atom. The van der Waals surface area contributed by atoms with Crippen LogP contribution in [0.1, 0.15) is 44.5 Å².